The molecule has 2 aliphatic rings. The zero-order valence-electron chi connectivity index (χ0n) is 10.2. The number of rotatable bonds is 4. The van der Waals surface area contributed by atoms with E-state index in [1.165, 1.54) is 0 Å². The number of hydrogen-bond acceptors (Lipinski definition) is 6. The van der Waals surface area contributed by atoms with Crippen molar-refractivity contribution in [2.45, 2.75) is 49.9 Å². The molecule has 1 heterocycles. The first-order valence-electron chi connectivity index (χ1n) is 6.29. The Morgan fingerprint density at radius 3 is 2.39 bits per heavy atom. The smallest absolute Gasteiger partial charge is 0.430 e. The molecule has 18 heavy (non-hydrogen) atoms. The Labute approximate surface area is 107 Å². The molecule has 2 rings (SSSR count). The SMILES string of the molecule is O=C1OCC(COS(=O)(=O)C2CCCCCC2)O1. The van der Waals surface area contributed by atoms with Crippen LogP contribution in [0.15, 0.2) is 0 Å². The van der Waals surface area contributed by atoms with Crippen LogP contribution in [0.1, 0.15) is 38.5 Å². The monoisotopic (exact) mass is 278 g/mol. The summed E-state index contributed by atoms with van der Waals surface area (Å²) in [6, 6.07) is 0. The van der Waals surface area contributed by atoms with Crippen LogP contribution in [0.3, 0.4) is 0 Å². The second-order valence-corrected chi connectivity index (χ2v) is 6.58. The van der Waals surface area contributed by atoms with Gasteiger partial charge in [-0.05, 0) is 12.8 Å². The lowest BCUT2D eigenvalue weighted by Crippen LogP contribution is -2.28. The van der Waals surface area contributed by atoms with Crippen LogP contribution >= 0.6 is 0 Å². The topological polar surface area (TPSA) is 78.9 Å². The van der Waals surface area contributed by atoms with Crippen LogP contribution in [-0.4, -0.2) is 39.1 Å². The van der Waals surface area contributed by atoms with Crippen LogP contribution in [-0.2, 0) is 23.8 Å². The molecule has 104 valence electrons. The zero-order chi connectivity index (χ0) is 13.0. The van der Waals surface area contributed by atoms with Gasteiger partial charge in [-0.25, -0.2) is 4.79 Å². The standard InChI is InChI=1S/C11H18O6S/c12-11-15-7-9(17-11)8-16-18(13,14)10-5-3-1-2-4-6-10/h9-10H,1-8H2. The summed E-state index contributed by atoms with van der Waals surface area (Å²) in [5.41, 5.74) is 0. The van der Waals surface area contributed by atoms with Crippen molar-refractivity contribution in [2.75, 3.05) is 13.2 Å². The van der Waals surface area contributed by atoms with Gasteiger partial charge in [0.25, 0.3) is 10.1 Å². The van der Waals surface area contributed by atoms with Crippen LogP contribution in [0.2, 0.25) is 0 Å². The van der Waals surface area contributed by atoms with E-state index < -0.39 is 27.6 Å². The van der Waals surface area contributed by atoms with E-state index in [4.69, 9.17) is 8.92 Å². The molecular weight excluding hydrogens is 260 g/mol. The minimum absolute atomic E-state index is 0.0546. The molecule has 1 atom stereocenters. The van der Waals surface area contributed by atoms with Crippen molar-refractivity contribution in [3.63, 3.8) is 0 Å². The van der Waals surface area contributed by atoms with Crippen LogP contribution in [0.4, 0.5) is 4.79 Å². The van der Waals surface area contributed by atoms with Crippen molar-refractivity contribution < 1.29 is 26.9 Å². The first-order chi connectivity index (χ1) is 8.58. The lowest BCUT2D eigenvalue weighted by atomic mass is 10.2. The average Bonchev–Trinajstić information content (AvgIpc) is 2.59. The third kappa shape index (κ3) is 3.58. The molecule has 1 unspecified atom stereocenters. The van der Waals surface area contributed by atoms with Crippen LogP contribution < -0.4 is 0 Å². The quantitative estimate of drug-likeness (QED) is 0.441. The summed E-state index contributed by atoms with van der Waals surface area (Å²) in [5.74, 6) is 0. The molecular formula is C11H18O6S. The minimum Gasteiger partial charge on any atom is -0.430 e. The molecule has 6 nitrogen and oxygen atoms in total. The maximum atomic E-state index is 12.0. The predicted molar refractivity (Wildman–Crippen MR) is 62.6 cm³/mol. The van der Waals surface area contributed by atoms with Crippen molar-refractivity contribution in [1.29, 1.82) is 0 Å². The molecule has 0 amide bonds. The summed E-state index contributed by atoms with van der Waals surface area (Å²) in [5, 5.41) is -0.418. The fourth-order valence-electron chi connectivity index (χ4n) is 2.24. The molecule has 0 N–H and O–H groups in total. The summed E-state index contributed by atoms with van der Waals surface area (Å²) in [6.07, 6.45) is 3.95. The van der Waals surface area contributed by atoms with E-state index in [0.717, 1.165) is 25.7 Å². The second kappa shape index (κ2) is 5.88. The molecule has 0 aromatic heterocycles. The maximum absolute atomic E-state index is 12.0. The summed E-state index contributed by atoms with van der Waals surface area (Å²) in [6.45, 7) is -0.0937. The molecule has 1 saturated heterocycles. The van der Waals surface area contributed by atoms with Gasteiger partial charge in [-0.1, -0.05) is 25.7 Å². The Bertz CT molecular complexity index is 382. The van der Waals surface area contributed by atoms with E-state index in [0.29, 0.717) is 12.8 Å². The van der Waals surface area contributed by atoms with Gasteiger partial charge >= 0.3 is 6.16 Å². The number of ether oxygens (including phenoxy) is 2. The molecule has 0 bridgehead atoms. The second-order valence-electron chi connectivity index (χ2n) is 4.69. The third-order valence-electron chi connectivity index (χ3n) is 3.28. The molecule has 1 aliphatic carbocycles. The predicted octanol–water partition coefficient (Wildman–Crippen LogP) is 1.59. The fourth-order valence-corrected chi connectivity index (χ4v) is 3.69. The summed E-state index contributed by atoms with van der Waals surface area (Å²) in [4.78, 5) is 10.7. The van der Waals surface area contributed by atoms with Gasteiger partial charge in [0.05, 0.1) is 5.25 Å². The highest BCUT2D eigenvalue weighted by Gasteiger charge is 2.31. The van der Waals surface area contributed by atoms with Gasteiger partial charge in [0.2, 0.25) is 0 Å². The molecule has 1 aliphatic heterocycles. The van der Waals surface area contributed by atoms with Gasteiger partial charge in [-0.2, -0.15) is 8.42 Å². The molecule has 2 fully saturated rings. The molecule has 7 heteroatoms. The average molecular weight is 278 g/mol. The molecule has 0 aromatic carbocycles. The first-order valence-corrected chi connectivity index (χ1v) is 7.77. The summed E-state index contributed by atoms with van der Waals surface area (Å²) >= 11 is 0. The number of carbonyl (C=O) groups excluding carboxylic acids is 1. The Morgan fingerprint density at radius 2 is 1.83 bits per heavy atom. The van der Waals surface area contributed by atoms with E-state index in [1.807, 2.05) is 0 Å². The number of hydrogen-bond donors (Lipinski definition) is 0. The highest BCUT2D eigenvalue weighted by atomic mass is 32.2. The lowest BCUT2D eigenvalue weighted by Gasteiger charge is -2.15. The van der Waals surface area contributed by atoms with Gasteiger partial charge in [-0.3, -0.25) is 4.18 Å². The van der Waals surface area contributed by atoms with Crippen LogP contribution in [0.5, 0.6) is 0 Å². The van der Waals surface area contributed by atoms with Gasteiger partial charge in [0.1, 0.15) is 13.2 Å². The highest BCUT2D eigenvalue weighted by Crippen LogP contribution is 2.24. The molecule has 0 aromatic rings. The van der Waals surface area contributed by atoms with Crippen molar-refractivity contribution in [3.05, 3.63) is 0 Å². The minimum atomic E-state index is -3.56. The third-order valence-corrected chi connectivity index (χ3v) is 5.03. The van der Waals surface area contributed by atoms with Gasteiger partial charge in [0.15, 0.2) is 6.10 Å². The van der Waals surface area contributed by atoms with E-state index in [-0.39, 0.29) is 13.2 Å². The molecule has 0 radical (unpaired) electrons. The normalized spacial score (nSPS) is 26.4. The van der Waals surface area contributed by atoms with Crippen molar-refractivity contribution >= 4 is 16.3 Å². The summed E-state index contributed by atoms with van der Waals surface area (Å²) < 4.78 is 38.2. The van der Waals surface area contributed by atoms with E-state index >= 15 is 0 Å². The fraction of sp³-hybridized carbons (Fsp3) is 0.909. The van der Waals surface area contributed by atoms with Gasteiger partial charge < -0.3 is 9.47 Å². The largest absolute Gasteiger partial charge is 0.508 e. The lowest BCUT2D eigenvalue weighted by molar-refractivity contribution is 0.0991. The van der Waals surface area contributed by atoms with E-state index in [9.17, 15) is 13.2 Å². The Hall–Kier alpha value is -0.820. The summed E-state index contributed by atoms with van der Waals surface area (Å²) in [7, 11) is -3.56. The van der Waals surface area contributed by atoms with Crippen LogP contribution in [0, 0.1) is 0 Å². The number of cyclic esters (lactones) is 2. The highest BCUT2D eigenvalue weighted by molar-refractivity contribution is 7.87. The first kappa shape index (κ1) is 13.6. The van der Waals surface area contributed by atoms with E-state index in [1.54, 1.807) is 0 Å². The van der Waals surface area contributed by atoms with E-state index in [2.05, 4.69) is 4.74 Å². The molecule has 1 saturated carbocycles. The zero-order valence-corrected chi connectivity index (χ0v) is 11.0. The Kier molecular flexibility index (Phi) is 4.45. The van der Waals surface area contributed by atoms with Gasteiger partial charge in [-0.15, -0.1) is 0 Å². The maximum Gasteiger partial charge on any atom is 0.508 e. The van der Waals surface area contributed by atoms with Crippen molar-refractivity contribution in [3.8, 4) is 0 Å². The Morgan fingerprint density at radius 1 is 1.17 bits per heavy atom. The van der Waals surface area contributed by atoms with Crippen LogP contribution in [0.25, 0.3) is 0 Å². The van der Waals surface area contributed by atoms with Crippen molar-refractivity contribution in [2.24, 2.45) is 0 Å². The molecule has 0 spiro atoms. The number of carbonyl (C=O) groups is 1. The Balaban J connectivity index is 1.84. The van der Waals surface area contributed by atoms with Crippen molar-refractivity contribution in [1.82, 2.24) is 0 Å². The van der Waals surface area contributed by atoms with Gasteiger partial charge in [0, 0.05) is 0 Å².